The summed E-state index contributed by atoms with van der Waals surface area (Å²) in [5.41, 5.74) is 14.4. The number of rotatable bonds is 8. The minimum absolute atomic E-state index is 0.00355. The van der Waals surface area contributed by atoms with E-state index in [4.69, 9.17) is 15.9 Å². The lowest BCUT2D eigenvalue weighted by Crippen LogP contribution is -2.43. The first-order valence-electron chi connectivity index (χ1n) is 11.5. The van der Waals surface area contributed by atoms with Crippen molar-refractivity contribution in [3.8, 4) is 0 Å². The van der Waals surface area contributed by atoms with E-state index in [1.54, 1.807) is 25.1 Å². The van der Waals surface area contributed by atoms with E-state index in [1.165, 1.54) is 4.90 Å². The van der Waals surface area contributed by atoms with Gasteiger partial charge in [0, 0.05) is 12.2 Å². The lowest BCUT2D eigenvalue weighted by molar-refractivity contribution is -0.123. The maximum Gasteiger partial charge on any atom is 0.273 e. The van der Waals surface area contributed by atoms with Crippen molar-refractivity contribution in [2.24, 2.45) is 5.73 Å². The zero-order chi connectivity index (χ0) is 26.7. The lowest BCUT2D eigenvalue weighted by Gasteiger charge is -2.30. The van der Waals surface area contributed by atoms with Crippen LogP contribution in [0.2, 0.25) is 0 Å². The molecule has 0 aliphatic carbocycles. The number of carbonyl (C=O) groups is 3. The average Bonchev–Trinajstić information content (AvgIpc) is 3.48. The van der Waals surface area contributed by atoms with Gasteiger partial charge in [0.15, 0.2) is 11.7 Å². The summed E-state index contributed by atoms with van der Waals surface area (Å²) in [4.78, 5) is 40.8. The van der Waals surface area contributed by atoms with Gasteiger partial charge >= 0.3 is 0 Å². The molecule has 190 valence electrons. The third-order valence-electron chi connectivity index (χ3n) is 5.99. The Kier molecular flexibility index (Phi) is 7.40. The summed E-state index contributed by atoms with van der Waals surface area (Å²) in [7, 11) is 0. The molecule has 0 aliphatic heterocycles. The fourth-order valence-electron chi connectivity index (χ4n) is 3.85. The van der Waals surface area contributed by atoms with E-state index in [0.29, 0.717) is 11.4 Å². The summed E-state index contributed by atoms with van der Waals surface area (Å²) < 4.78 is 9.83. The number of benzene rings is 2. The number of primary amides is 1. The maximum atomic E-state index is 14.0. The highest BCUT2D eigenvalue weighted by atomic mass is 32.1. The Balaban J connectivity index is 1.83. The molecule has 2 heterocycles. The van der Waals surface area contributed by atoms with Gasteiger partial charge in [0.2, 0.25) is 0 Å². The van der Waals surface area contributed by atoms with Crippen LogP contribution in [0.15, 0.2) is 65.1 Å². The number of carbonyl (C=O) groups excluding carboxylic acids is 3. The van der Waals surface area contributed by atoms with E-state index in [1.807, 2.05) is 56.3 Å². The van der Waals surface area contributed by atoms with Gasteiger partial charge in [-0.3, -0.25) is 19.3 Å². The number of hydrogen-bond acceptors (Lipinski definition) is 7. The lowest BCUT2D eigenvalue weighted by atomic mass is 10.1. The largest absolute Gasteiger partial charge is 0.464 e. The predicted octanol–water partition coefficient (Wildman–Crippen LogP) is 4.05. The van der Waals surface area contributed by atoms with E-state index in [0.717, 1.165) is 28.2 Å². The predicted molar refractivity (Wildman–Crippen MR) is 142 cm³/mol. The maximum absolute atomic E-state index is 14.0. The van der Waals surface area contributed by atoms with Gasteiger partial charge in [0.25, 0.3) is 17.7 Å². The normalized spacial score (nSPS) is 11.6. The van der Waals surface area contributed by atoms with Crippen molar-refractivity contribution >= 4 is 40.6 Å². The van der Waals surface area contributed by atoms with Gasteiger partial charge in [-0.25, -0.2) is 0 Å². The van der Waals surface area contributed by atoms with E-state index in [-0.39, 0.29) is 28.6 Å². The monoisotopic (exact) mass is 517 g/mol. The topological polar surface area (TPSA) is 145 Å². The molecule has 2 aromatic heterocycles. The molecule has 3 amide bonds. The van der Waals surface area contributed by atoms with E-state index >= 15 is 0 Å². The Bertz CT molecular complexity index is 1460. The molecule has 4 aromatic rings. The minimum atomic E-state index is -1.18. The van der Waals surface area contributed by atoms with Crippen molar-refractivity contribution in [2.75, 3.05) is 10.6 Å². The molecule has 9 nitrogen and oxygen atoms in total. The van der Waals surface area contributed by atoms with Gasteiger partial charge in [0.05, 0.1) is 5.69 Å². The number of anilines is 2. The van der Waals surface area contributed by atoms with E-state index in [9.17, 15) is 14.4 Å². The molecule has 0 bridgehead atoms. The molecule has 0 spiro atoms. The number of furan rings is 1. The third-order valence-corrected chi connectivity index (χ3v) is 6.84. The van der Waals surface area contributed by atoms with Crippen LogP contribution in [0.5, 0.6) is 0 Å². The highest BCUT2D eigenvalue weighted by molar-refractivity contribution is 7.09. The van der Waals surface area contributed by atoms with Gasteiger partial charge in [-0.1, -0.05) is 36.4 Å². The minimum Gasteiger partial charge on any atom is -0.464 e. The van der Waals surface area contributed by atoms with E-state index < -0.39 is 23.8 Å². The number of nitrogen functional groups attached to an aromatic ring is 1. The quantitative estimate of drug-likeness (QED) is 0.322. The Morgan fingerprint density at radius 2 is 1.76 bits per heavy atom. The first kappa shape index (κ1) is 25.6. The molecule has 0 aliphatic rings. The van der Waals surface area contributed by atoms with Crippen LogP contribution < -0.4 is 21.7 Å². The molecule has 4 rings (SSSR count). The average molecular weight is 518 g/mol. The van der Waals surface area contributed by atoms with Crippen LogP contribution in [-0.2, 0) is 11.3 Å². The van der Waals surface area contributed by atoms with E-state index in [2.05, 4.69) is 9.69 Å². The first-order valence-corrected chi connectivity index (χ1v) is 12.3. The number of nitrogens with two attached hydrogens (primary N) is 2. The van der Waals surface area contributed by atoms with Crippen molar-refractivity contribution < 1.29 is 18.8 Å². The summed E-state index contributed by atoms with van der Waals surface area (Å²) in [5, 5.41) is 2.92. The number of nitrogens with zero attached hydrogens (tertiary/aromatic N) is 2. The van der Waals surface area contributed by atoms with Crippen LogP contribution in [0, 0.1) is 20.8 Å². The van der Waals surface area contributed by atoms with Gasteiger partial charge in [-0.2, -0.15) is 4.37 Å². The summed E-state index contributed by atoms with van der Waals surface area (Å²) in [6, 6.07) is 17.1. The molecule has 2 aromatic carbocycles. The Morgan fingerprint density at radius 1 is 1.03 bits per heavy atom. The second-order valence-electron chi connectivity index (χ2n) is 8.64. The summed E-state index contributed by atoms with van der Waals surface area (Å²) in [6.45, 7) is 5.87. The smallest absolute Gasteiger partial charge is 0.273 e. The van der Waals surface area contributed by atoms with Gasteiger partial charge in [-0.15, -0.1) is 0 Å². The molecule has 0 fully saturated rings. The van der Waals surface area contributed by atoms with Crippen LogP contribution >= 0.6 is 11.5 Å². The zero-order valence-electron chi connectivity index (χ0n) is 20.6. The SMILES string of the molecule is Cc1ccc(C(C(=O)NCc2ccccc2)N(C(=O)c2snc(C(N)=O)c2N)c2ccc(C)c(C)c2)o1. The molecule has 0 saturated carbocycles. The first-order chi connectivity index (χ1) is 17.7. The Labute approximate surface area is 218 Å². The Morgan fingerprint density at radius 3 is 2.35 bits per heavy atom. The summed E-state index contributed by atoms with van der Waals surface area (Å²) >= 11 is 0.753. The Hall–Kier alpha value is -4.44. The number of amides is 3. The van der Waals surface area contributed by atoms with Crippen molar-refractivity contribution in [2.45, 2.75) is 33.4 Å². The molecular weight excluding hydrogens is 490 g/mol. The molecule has 5 N–H and O–H groups in total. The van der Waals surface area contributed by atoms with Crippen molar-refractivity contribution in [3.63, 3.8) is 0 Å². The molecule has 0 saturated heterocycles. The molecule has 0 radical (unpaired) electrons. The number of hydrogen-bond donors (Lipinski definition) is 3. The highest BCUT2D eigenvalue weighted by Crippen LogP contribution is 2.34. The van der Waals surface area contributed by atoms with Crippen LogP contribution in [0.1, 0.15) is 54.4 Å². The highest BCUT2D eigenvalue weighted by Gasteiger charge is 2.38. The fraction of sp³-hybridized carbons (Fsp3) is 0.185. The standard InChI is InChI=1S/C27H27N5O4S/c1-15-9-11-19(13-16(15)2)32(27(35)24-21(28)22(25(29)33)31-37-24)23(20-12-10-17(3)36-20)26(34)30-14-18-7-5-4-6-8-18/h4-13,23H,14,28H2,1-3H3,(H2,29,33)(H,30,34). The third kappa shape index (κ3) is 5.39. The second-order valence-corrected chi connectivity index (χ2v) is 9.41. The molecule has 37 heavy (non-hydrogen) atoms. The van der Waals surface area contributed by atoms with Crippen molar-refractivity contribution in [1.29, 1.82) is 0 Å². The van der Waals surface area contributed by atoms with Crippen molar-refractivity contribution in [1.82, 2.24) is 9.69 Å². The molecule has 1 atom stereocenters. The van der Waals surface area contributed by atoms with Crippen LogP contribution in [0.4, 0.5) is 11.4 Å². The van der Waals surface area contributed by atoms with Gasteiger partial charge < -0.3 is 21.2 Å². The van der Waals surface area contributed by atoms with Crippen LogP contribution in [0.3, 0.4) is 0 Å². The second kappa shape index (κ2) is 10.7. The number of aryl methyl sites for hydroxylation is 3. The zero-order valence-corrected chi connectivity index (χ0v) is 21.5. The molecule has 1 unspecified atom stereocenters. The number of aromatic nitrogens is 1. The van der Waals surface area contributed by atoms with Gasteiger partial charge in [-0.05, 0) is 73.3 Å². The summed E-state index contributed by atoms with van der Waals surface area (Å²) in [6.07, 6.45) is 0. The fourth-order valence-corrected chi connectivity index (χ4v) is 4.60. The van der Waals surface area contributed by atoms with Crippen LogP contribution in [-0.4, -0.2) is 22.1 Å². The summed E-state index contributed by atoms with van der Waals surface area (Å²) in [5.74, 6) is -1.06. The molecule has 10 heteroatoms. The van der Waals surface area contributed by atoms with Crippen LogP contribution in [0.25, 0.3) is 0 Å². The van der Waals surface area contributed by atoms with Crippen molar-refractivity contribution in [3.05, 3.63) is 99.4 Å². The number of nitrogens with one attached hydrogen (secondary N) is 1. The molecular formula is C27H27N5O4S. The van der Waals surface area contributed by atoms with Gasteiger partial charge in [0.1, 0.15) is 16.4 Å².